The Labute approximate surface area is 115 Å². The van der Waals surface area contributed by atoms with Crippen LogP contribution in [0.3, 0.4) is 0 Å². The van der Waals surface area contributed by atoms with E-state index in [0.717, 1.165) is 0 Å². The number of hydrogen-bond acceptors (Lipinski definition) is 5. The molecule has 1 aliphatic rings. The van der Waals surface area contributed by atoms with Gasteiger partial charge in [-0.1, -0.05) is 0 Å². The maximum absolute atomic E-state index is 12.1. The smallest absolute Gasteiger partial charge is 0.256 e. The van der Waals surface area contributed by atoms with Crippen molar-refractivity contribution >= 4 is 11.6 Å². The Kier molecular flexibility index (Phi) is 3.71. The van der Waals surface area contributed by atoms with E-state index in [-0.39, 0.29) is 12.5 Å². The van der Waals surface area contributed by atoms with Crippen LogP contribution in [0.1, 0.15) is 0 Å². The summed E-state index contributed by atoms with van der Waals surface area (Å²) in [6, 6.07) is 5.31. The van der Waals surface area contributed by atoms with Crippen molar-refractivity contribution in [2.75, 3.05) is 25.1 Å². The monoisotopic (exact) mass is 274 g/mol. The van der Waals surface area contributed by atoms with Crippen LogP contribution >= 0.6 is 0 Å². The molecule has 0 bridgehead atoms. The average Bonchev–Trinajstić information content (AvgIpc) is 3.03. The van der Waals surface area contributed by atoms with E-state index in [9.17, 15) is 4.79 Å². The summed E-state index contributed by atoms with van der Waals surface area (Å²) in [5.41, 5.74) is 0.579. The van der Waals surface area contributed by atoms with Gasteiger partial charge < -0.3 is 14.8 Å². The number of aromatic nitrogens is 3. The maximum atomic E-state index is 12.1. The van der Waals surface area contributed by atoms with E-state index in [1.807, 2.05) is 0 Å². The lowest BCUT2D eigenvalue weighted by atomic mass is 10.3. The van der Waals surface area contributed by atoms with Gasteiger partial charge in [-0.05, 0) is 18.2 Å². The highest BCUT2D eigenvalue weighted by Crippen LogP contribution is 2.17. The van der Waals surface area contributed by atoms with E-state index in [1.165, 1.54) is 0 Å². The number of hydrogen-bond donors (Lipinski definition) is 1. The lowest BCUT2D eigenvalue weighted by Crippen LogP contribution is -2.39. The number of amides is 1. The van der Waals surface area contributed by atoms with Crippen molar-refractivity contribution in [2.45, 2.75) is 6.10 Å². The summed E-state index contributed by atoms with van der Waals surface area (Å²) in [5, 5.41) is 6.92. The Morgan fingerprint density at radius 2 is 2.30 bits per heavy atom. The van der Waals surface area contributed by atoms with Crippen LogP contribution in [-0.2, 0) is 14.3 Å². The first-order valence-electron chi connectivity index (χ1n) is 6.30. The zero-order valence-electron chi connectivity index (χ0n) is 10.7. The van der Waals surface area contributed by atoms with Crippen LogP contribution in [0.5, 0.6) is 0 Å². The Bertz CT molecular complexity index is 579. The number of carbonyl (C=O) groups excluding carboxylic acids is 1. The van der Waals surface area contributed by atoms with Gasteiger partial charge in [-0.25, -0.2) is 9.67 Å². The molecule has 0 unspecified atom stereocenters. The molecule has 0 saturated carbocycles. The van der Waals surface area contributed by atoms with Gasteiger partial charge in [0.1, 0.15) is 0 Å². The summed E-state index contributed by atoms with van der Waals surface area (Å²) in [6.07, 6.45) is 4.47. The standard InChI is InChI=1S/C13H14N4O3/c18-13(11-9-19-7-8-20-11)16-10-3-1-4-14-12(10)17-6-2-5-15-17/h1-6,11H,7-9H2,(H,16,18)/t11-/m0/s1. The molecule has 1 saturated heterocycles. The zero-order chi connectivity index (χ0) is 13.8. The van der Waals surface area contributed by atoms with E-state index in [4.69, 9.17) is 9.47 Å². The topological polar surface area (TPSA) is 78.3 Å². The number of carbonyl (C=O) groups is 1. The van der Waals surface area contributed by atoms with Crippen LogP contribution in [0.25, 0.3) is 5.82 Å². The van der Waals surface area contributed by atoms with Gasteiger partial charge in [0.15, 0.2) is 11.9 Å². The van der Waals surface area contributed by atoms with E-state index >= 15 is 0 Å². The third-order valence-electron chi connectivity index (χ3n) is 2.87. The predicted molar refractivity (Wildman–Crippen MR) is 70.5 cm³/mol. The first kappa shape index (κ1) is 12.8. The second-order valence-electron chi connectivity index (χ2n) is 4.25. The van der Waals surface area contributed by atoms with Crippen molar-refractivity contribution in [3.8, 4) is 5.82 Å². The van der Waals surface area contributed by atoms with Gasteiger partial charge in [0.05, 0.1) is 25.5 Å². The quantitative estimate of drug-likeness (QED) is 0.887. The molecule has 1 fully saturated rings. The number of nitrogens with one attached hydrogen (secondary N) is 1. The van der Waals surface area contributed by atoms with Gasteiger partial charge in [-0.2, -0.15) is 5.10 Å². The molecule has 0 radical (unpaired) electrons. The second kappa shape index (κ2) is 5.81. The van der Waals surface area contributed by atoms with Crippen LogP contribution in [0, 0.1) is 0 Å². The molecular weight excluding hydrogens is 260 g/mol. The van der Waals surface area contributed by atoms with E-state index in [2.05, 4.69) is 15.4 Å². The van der Waals surface area contributed by atoms with Gasteiger partial charge in [0.25, 0.3) is 5.91 Å². The summed E-state index contributed by atoms with van der Waals surface area (Å²) in [7, 11) is 0. The number of anilines is 1. The third kappa shape index (κ3) is 2.68. The van der Waals surface area contributed by atoms with Gasteiger partial charge in [0, 0.05) is 18.6 Å². The molecule has 1 atom stereocenters. The Morgan fingerprint density at radius 3 is 3.05 bits per heavy atom. The molecular formula is C13H14N4O3. The van der Waals surface area contributed by atoms with E-state index < -0.39 is 6.10 Å². The molecule has 3 rings (SSSR count). The molecule has 0 aliphatic carbocycles. The largest absolute Gasteiger partial charge is 0.376 e. The second-order valence-corrected chi connectivity index (χ2v) is 4.25. The fourth-order valence-corrected chi connectivity index (χ4v) is 1.92. The maximum Gasteiger partial charge on any atom is 0.256 e. The average molecular weight is 274 g/mol. The highest BCUT2D eigenvalue weighted by molar-refractivity contribution is 5.95. The van der Waals surface area contributed by atoms with Crippen molar-refractivity contribution in [3.05, 3.63) is 36.8 Å². The molecule has 2 aromatic heterocycles. The minimum Gasteiger partial charge on any atom is -0.376 e. The zero-order valence-corrected chi connectivity index (χ0v) is 10.7. The number of ether oxygens (including phenoxy) is 2. The molecule has 1 amide bonds. The van der Waals surface area contributed by atoms with Crippen LogP contribution in [0.4, 0.5) is 5.69 Å². The van der Waals surface area contributed by atoms with E-state index in [1.54, 1.807) is 41.5 Å². The first-order valence-corrected chi connectivity index (χ1v) is 6.30. The Balaban J connectivity index is 1.79. The summed E-state index contributed by atoms with van der Waals surface area (Å²) in [5.74, 6) is 0.314. The molecule has 20 heavy (non-hydrogen) atoms. The van der Waals surface area contributed by atoms with Crippen LogP contribution in [0.2, 0.25) is 0 Å². The molecule has 104 valence electrons. The minimum atomic E-state index is -0.588. The Hall–Kier alpha value is -2.25. The highest BCUT2D eigenvalue weighted by atomic mass is 16.6. The summed E-state index contributed by atoms with van der Waals surface area (Å²) >= 11 is 0. The fraction of sp³-hybridized carbons (Fsp3) is 0.308. The predicted octanol–water partition coefficient (Wildman–Crippen LogP) is 0.621. The highest BCUT2D eigenvalue weighted by Gasteiger charge is 2.23. The molecule has 1 N–H and O–H groups in total. The number of pyridine rings is 1. The van der Waals surface area contributed by atoms with E-state index in [0.29, 0.717) is 24.7 Å². The van der Waals surface area contributed by atoms with Gasteiger partial charge in [-0.3, -0.25) is 4.79 Å². The molecule has 7 nitrogen and oxygen atoms in total. The summed E-state index contributed by atoms with van der Waals surface area (Å²) in [4.78, 5) is 16.3. The van der Waals surface area contributed by atoms with Crippen molar-refractivity contribution in [1.82, 2.24) is 14.8 Å². The lowest BCUT2D eigenvalue weighted by molar-refractivity contribution is -0.142. The Morgan fingerprint density at radius 1 is 1.35 bits per heavy atom. The van der Waals surface area contributed by atoms with Crippen molar-refractivity contribution in [2.24, 2.45) is 0 Å². The first-order chi connectivity index (χ1) is 9.84. The fourth-order valence-electron chi connectivity index (χ4n) is 1.92. The van der Waals surface area contributed by atoms with Crippen molar-refractivity contribution in [1.29, 1.82) is 0 Å². The van der Waals surface area contributed by atoms with Gasteiger partial charge in [0.2, 0.25) is 0 Å². The number of nitrogens with zero attached hydrogens (tertiary/aromatic N) is 3. The normalized spacial score (nSPS) is 18.7. The lowest BCUT2D eigenvalue weighted by Gasteiger charge is -2.22. The van der Waals surface area contributed by atoms with Crippen LogP contribution in [0.15, 0.2) is 36.8 Å². The van der Waals surface area contributed by atoms with Crippen molar-refractivity contribution in [3.63, 3.8) is 0 Å². The minimum absolute atomic E-state index is 0.244. The molecule has 1 aliphatic heterocycles. The van der Waals surface area contributed by atoms with Gasteiger partial charge >= 0.3 is 0 Å². The molecule has 3 heterocycles. The van der Waals surface area contributed by atoms with Crippen LogP contribution < -0.4 is 5.32 Å². The third-order valence-corrected chi connectivity index (χ3v) is 2.87. The molecule has 7 heteroatoms. The molecule has 0 spiro atoms. The SMILES string of the molecule is O=C(Nc1cccnc1-n1cccn1)[C@@H]1COCCO1. The molecule has 2 aromatic rings. The summed E-state index contributed by atoms with van der Waals surface area (Å²) < 4.78 is 12.2. The van der Waals surface area contributed by atoms with Gasteiger partial charge in [-0.15, -0.1) is 0 Å². The molecule has 0 aromatic carbocycles. The van der Waals surface area contributed by atoms with Crippen LogP contribution in [-0.4, -0.2) is 46.6 Å². The van der Waals surface area contributed by atoms with Crippen molar-refractivity contribution < 1.29 is 14.3 Å². The number of rotatable bonds is 3. The summed E-state index contributed by atoms with van der Waals surface area (Å²) in [6.45, 7) is 1.22.